The highest BCUT2D eigenvalue weighted by molar-refractivity contribution is 5.22. The topological polar surface area (TPSA) is 29.4 Å². The third kappa shape index (κ3) is 3.58. The van der Waals surface area contributed by atoms with E-state index in [9.17, 15) is 4.91 Å². The molecule has 0 heterocycles. The predicted octanol–water partition coefficient (Wildman–Crippen LogP) is 4.53. The molecule has 0 fully saturated rings. The zero-order chi connectivity index (χ0) is 12.1. The van der Waals surface area contributed by atoms with Crippen LogP contribution in [0.25, 0.3) is 0 Å². The van der Waals surface area contributed by atoms with Crippen molar-refractivity contribution in [1.29, 1.82) is 0 Å². The summed E-state index contributed by atoms with van der Waals surface area (Å²) < 4.78 is 0. The summed E-state index contributed by atoms with van der Waals surface area (Å²) in [6.07, 6.45) is 8.23. The van der Waals surface area contributed by atoms with Gasteiger partial charge in [0.25, 0.3) is 0 Å². The van der Waals surface area contributed by atoms with Crippen LogP contribution in [0.4, 0.5) is 0 Å². The highest BCUT2D eigenvalue weighted by atomic mass is 16.3. The van der Waals surface area contributed by atoms with E-state index in [0.29, 0.717) is 23.5 Å². The first-order valence-corrected chi connectivity index (χ1v) is 6.26. The van der Waals surface area contributed by atoms with Crippen molar-refractivity contribution in [2.75, 3.05) is 0 Å². The largest absolute Gasteiger partial charge is 0.145 e. The zero-order valence-corrected chi connectivity index (χ0v) is 10.8. The highest BCUT2D eigenvalue weighted by Crippen LogP contribution is 2.33. The van der Waals surface area contributed by atoms with Crippen LogP contribution in [0.15, 0.2) is 29.1 Å². The molecular formula is C14H23NO. The van der Waals surface area contributed by atoms with Crippen LogP contribution in [0, 0.1) is 28.6 Å². The molecule has 0 aromatic heterocycles. The average Bonchev–Trinajstić information content (AvgIpc) is 2.25. The van der Waals surface area contributed by atoms with Gasteiger partial charge in [0.15, 0.2) is 0 Å². The molecule has 0 bridgehead atoms. The Labute approximate surface area is 98.8 Å². The van der Waals surface area contributed by atoms with Crippen LogP contribution in [-0.4, -0.2) is 0 Å². The van der Waals surface area contributed by atoms with E-state index in [1.54, 1.807) is 0 Å². The standard InChI is InChI=1S/C14H23NO/c1-10(2)9-14(11(3)4)12-5-7-13(15-16)8-6-12/h5,7-8,10-12,14H,6,9H2,1-4H3. The average molecular weight is 221 g/mol. The lowest BCUT2D eigenvalue weighted by Crippen LogP contribution is -2.21. The molecule has 0 aromatic carbocycles. The van der Waals surface area contributed by atoms with Gasteiger partial charge in [-0.3, -0.25) is 0 Å². The first-order chi connectivity index (χ1) is 7.54. The summed E-state index contributed by atoms with van der Waals surface area (Å²) in [6, 6.07) is 0. The Hall–Kier alpha value is -0.920. The maximum atomic E-state index is 10.4. The highest BCUT2D eigenvalue weighted by Gasteiger charge is 2.24. The summed E-state index contributed by atoms with van der Waals surface area (Å²) in [5.74, 6) is 2.71. The fourth-order valence-electron chi connectivity index (χ4n) is 2.50. The molecular weight excluding hydrogens is 198 g/mol. The lowest BCUT2D eigenvalue weighted by molar-refractivity contribution is 0.247. The molecule has 90 valence electrons. The van der Waals surface area contributed by atoms with Crippen molar-refractivity contribution in [3.63, 3.8) is 0 Å². The molecule has 0 radical (unpaired) electrons. The molecule has 16 heavy (non-hydrogen) atoms. The summed E-state index contributed by atoms with van der Waals surface area (Å²) in [4.78, 5) is 10.4. The number of nitrogens with zero attached hydrogens (tertiary/aromatic N) is 1. The molecule has 0 aromatic rings. The monoisotopic (exact) mass is 221 g/mol. The van der Waals surface area contributed by atoms with E-state index in [1.807, 2.05) is 12.2 Å². The third-order valence-electron chi connectivity index (χ3n) is 3.37. The zero-order valence-electron chi connectivity index (χ0n) is 10.8. The maximum Gasteiger partial charge on any atom is 0.103 e. The van der Waals surface area contributed by atoms with Gasteiger partial charge in [-0.15, -0.1) is 4.91 Å². The smallest absolute Gasteiger partial charge is 0.103 e. The van der Waals surface area contributed by atoms with E-state index in [4.69, 9.17) is 0 Å². The van der Waals surface area contributed by atoms with E-state index in [-0.39, 0.29) is 0 Å². The molecule has 0 spiro atoms. The van der Waals surface area contributed by atoms with Crippen LogP contribution in [0.5, 0.6) is 0 Å². The quantitative estimate of drug-likeness (QED) is 0.627. The molecule has 2 nitrogen and oxygen atoms in total. The third-order valence-corrected chi connectivity index (χ3v) is 3.37. The van der Waals surface area contributed by atoms with Crippen molar-refractivity contribution in [3.8, 4) is 0 Å². The van der Waals surface area contributed by atoms with E-state index < -0.39 is 0 Å². The molecule has 2 heteroatoms. The Morgan fingerprint density at radius 2 is 2.06 bits per heavy atom. The molecule has 2 unspecified atom stereocenters. The SMILES string of the molecule is CC(C)CC(C(C)C)C1C=CC(N=O)=CC1. The van der Waals surface area contributed by atoms with Crippen molar-refractivity contribution in [2.24, 2.45) is 28.8 Å². The first kappa shape index (κ1) is 13.1. The van der Waals surface area contributed by atoms with Crippen LogP contribution in [0.3, 0.4) is 0 Å². The van der Waals surface area contributed by atoms with Gasteiger partial charge in [0.2, 0.25) is 0 Å². The van der Waals surface area contributed by atoms with Crippen LogP contribution < -0.4 is 0 Å². The van der Waals surface area contributed by atoms with Crippen LogP contribution >= 0.6 is 0 Å². The van der Waals surface area contributed by atoms with Gasteiger partial charge >= 0.3 is 0 Å². The van der Waals surface area contributed by atoms with Gasteiger partial charge < -0.3 is 0 Å². The molecule has 0 saturated heterocycles. The van der Waals surface area contributed by atoms with Gasteiger partial charge in [0.05, 0.1) is 0 Å². The molecule has 2 atom stereocenters. The first-order valence-electron chi connectivity index (χ1n) is 6.26. The van der Waals surface area contributed by atoms with Gasteiger partial charge in [0.1, 0.15) is 5.70 Å². The molecule has 1 rings (SSSR count). The number of hydrogen-bond donors (Lipinski definition) is 0. The van der Waals surface area contributed by atoms with Crippen molar-refractivity contribution in [2.45, 2.75) is 40.5 Å². The molecule has 0 saturated carbocycles. The van der Waals surface area contributed by atoms with Crippen molar-refractivity contribution in [1.82, 2.24) is 0 Å². The van der Waals surface area contributed by atoms with Crippen LogP contribution in [0.2, 0.25) is 0 Å². The molecule has 0 N–H and O–H groups in total. The van der Waals surface area contributed by atoms with Gasteiger partial charge in [-0.05, 0) is 47.8 Å². The number of nitroso groups, excluding NO2 is 1. The van der Waals surface area contributed by atoms with Gasteiger partial charge in [-0.25, -0.2) is 0 Å². The van der Waals surface area contributed by atoms with Crippen molar-refractivity contribution >= 4 is 0 Å². The fraction of sp³-hybridized carbons (Fsp3) is 0.714. The number of allylic oxidation sites excluding steroid dienone is 3. The Bertz CT molecular complexity index is 289. The summed E-state index contributed by atoms with van der Waals surface area (Å²) in [7, 11) is 0. The second-order valence-electron chi connectivity index (χ2n) is 5.52. The van der Waals surface area contributed by atoms with E-state index in [2.05, 4.69) is 38.9 Å². The minimum Gasteiger partial charge on any atom is -0.145 e. The Balaban J connectivity index is 2.65. The van der Waals surface area contributed by atoms with Crippen LogP contribution in [-0.2, 0) is 0 Å². The van der Waals surface area contributed by atoms with Crippen LogP contribution in [0.1, 0.15) is 40.5 Å². The Morgan fingerprint density at radius 1 is 1.38 bits per heavy atom. The number of hydrogen-bond acceptors (Lipinski definition) is 2. The van der Waals surface area contributed by atoms with Crippen molar-refractivity contribution < 1.29 is 0 Å². The molecule has 0 aliphatic heterocycles. The summed E-state index contributed by atoms with van der Waals surface area (Å²) >= 11 is 0. The lowest BCUT2D eigenvalue weighted by atomic mass is 9.75. The predicted molar refractivity (Wildman–Crippen MR) is 68.9 cm³/mol. The van der Waals surface area contributed by atoms with E-state index in [1.165, 1.54) is 6.42 Å². The van der Waals surface area contributed by atoms with Gasteiger partial charge in [0, 0.05) is 0 Å². The number of rotatable bonds is 5. The maximum absolute atomic E-state index is 10.4. The minimum absolute atomic E-state index is 0.577. The van der Waals surface area contributed by atoms with Gasteiger partial charge in [-0.2, -0.15) is 0 Å². The van der Waals surface area contributed by atoms with E-state index >= 15 is 0 Å². The molecule has 1 aliphatic rings. The Kier molecular flexibility index (Phi) is 4.91. The van der Waals surface area contributed by atoms with Crippen molar-refractivity contribution in [3.05, 3.63) is 28.8 Å². The van der Waals surface area contributed by atoms with Gasteiger partial charge in [-0.1, -0.05) is 39.8 Å². The summed E-state index contributed by atoms with van der Waals surface area (Å²) in [6.45, 7) is 9.13. The molecule has 1 aliphatic carbocycles. The Morgan fingerprint density at radius 3 is 2.44 bits per heavy atom. The second kappa shape index (κ2) is 5.97. The second-order valence-corrected chi connectivity index (χ2v) is 5.52. The molecule has 0 amide bonds. The normalized spacial score (nSPS) is 22.4. The summed E-state index contributed by atoms with van der Waals surface area (Å²) in [5.41, 5.74) is 0.586. The minimum atomic E-state index is 0.577. The fourth-order valence-corrected chi connectivity index (χ4v) is 2.50. The van der Waals surface area contributed by atoms with E-state index in [0.717, 1.165) is 12.3 Å². The summed E-state index contributed by atoms with van der Waals surface area (Å²) in [5, 5.41) is 2.97. The lowest BCUT2D eigenvalue weighted by Gasteiger charge is -2.30.